The molecule has 0 atom stereocenters. The number of rotatable bonds is 6. The molecule has 0 saturated heterocycles. The van der Waals surface area contributed by atoms with E-state index in [-0.39, 0.29) is 23.6 Å². The Morgan fingerprint density at radius 1 is 1.18 bits per heavy atom. The van der Waals surface area contributed by atoms with Crippen molar-refractivity contribution in [1.29, 1.82) is 0 Å². The summed E-state index contributed by atoms with van der Waals surface area (Å²) in [7, 11) is 1.43. The van der Waals surface area contributed by atoms with E-state index in [0.717, 1.165) is 27.2 Å². The van der Waals surface area contributed by atoms with E-state index < -0.39 is 17.2 Å². The molecule has 9 nitrogen and oxygen atoms in total. The van der Waals surface area contributed by atoms with Crippen LogP contribution < -0.4 is 11.2 Å². The Bertz CT molecular complexity index is 1510. The smallest absolute Gasteiger partial charge is 0.340 e. The summed E-state index contributed by atoms with van der Waals surface area (Å²) in [6.45, 7) is 9.54. The predicted molar refractivity (Wildman–Crippen MR) is 131 cm³/mol. The first-order chi connectivity index (χ1) is 16.2. The summed E-state index contributed by atoms with van der Waals surface area (Å²) in [5.41, 5.74) is 2.89. The Hall–Kier alpha value is -3.53. The average Bonchev–Trinajstić information content (AvgIpc) is 3.31. The number of hydrogen-bond donors (Lipinski definition) is 0. The summed E-state index contributed by atoms with van der Waals surface area (Å²) in [6, 6.07) is 3.55. The van der Waals surface area contributed by atoms with E-state index in [1.54, 1.807) is 23.9 Å². The van der Waals surface area contributed by atoms with Crippen molar-refractivity contribution in [3.05, 3.63) is 72.8 Å². The van der Waals surface area contributed by atoms with Crippen LogP contribution in [0.3, 0.4) is 0 Å². The third kappa shape index (κ3) is 3.77. The fourth-order valence-corrected chi connectivity index (χ4v) is 5.58. The van der Waals surface area contributed by atoms with E-state index in [4.69, 9.17) is 4.74 Å². The Labute approximate surface area is 200 Å². The highest BCUT2D eigenvalue weighted by molar-refractivity contribution is 7.19. The second-order valence-corrected chi connectivity index (χ2v) is 9.44. The van der Waals surface area contributed by atoms with Gasteiger partial charge in [-0.1, -0.05) is 0 Å². The molecule has 0 spiro atoms. The highest BCUT2D eigenvalue weighted by Gasteiger charge is 2.28. The van der Waals surface area contributed by atoms with E-state index >= 15 is 0 Å². The van der Waals surface area contributed by atoms with E-state index in [2.05, 4.69) is 10.1 Å². The van der Waals surface area contributed by atoms with Crippen LogP contribution in [0, 0.1) is 13.8 Å². The summed E-state index contributed by atoms with van der Waals surface area (Å²) >= 11 is 1.29. The molecule has 0 bridgehead atoms. The van der Waals surface area contributed by atoms with Crippen LogP contribution in [0.15, 0.2) is 34.1 Å². The number of aromatic nitrogens is 5. The first-order valence-electron chi connectivity index (χ1n) is 11.1. The average molecular weight is 482 g/mol. The van der Waals surface area contributed by atoms with Gasteiger partial charge in [0.2, 0.25) is 0 Å². The first kappa shape index (κ1) is 23.6. The molecular weight excluding hydrogens is 454 g/mol. The summed E-state index contributed by atoms with van der Waals surface area (Å²) < 4.78 is 9.80. The highest BCUT2D eigenvalue weighted by atomic mass is 32.1. The number of thiophene rings is 1. The number of nitrogens with zero attached hydrogens (tertiary/aromatic N) is 5. The van der Waals surface area contributed by atoms with Gasteiger partial charge >= 0.3 is 11.7 Å². The maximum atomic E-state index is 13.2. The lowest BCUT2D eigenvalue weighted by Crippen LogP contribution is -2.38. The van der Waals surface area contributed by atoms with Gasteiger partial charge in [0.1, 0.15) is 4.83 Å². The Kier molecular flexibility index (Phi) is 6.26. The number of esters is 1. The molecule has 34 heavy (non-hydrogen) atoms. The molecular formula is C24H27N5O4S. The molecule has 0 N–H and O–H groups in total. The van der Waals surface area contributed by atoms with Crippen molar-refractivity contribution in [2.45, 2.75) is 47.1 Å². The molecule has 0 aromatic carbocycles. The largest absolute Gasteiger partial charge is 0.462 e. The molecule has 4 heterocycles. The maximum absolute atomic E-state index is 13.2. The third-order valence-electron chi connectivity index (χ3n) is 5.87. The number of aryl methyl sites for hydroxylation is 1. The van der Waals surface area contributed by atoms with Gasteiger partial charge in [-0.2, -0.15) is 5.10 Å². The van der Waals surface area contributed by atoms with Crippen LogP contribution in [0.5, 0.6) is 0 Å². The Morgan fingerprint density at radius 3 is 2.47 bits per heavy atom. The van der Waals surface area contributed by atoms with Gasteiger partial charge in [-0.3, -0.25) is 18.9 Å². The van der Waals surface area contributed by atoms with Crippen molar-refractivity contribution in [3.63, 3.8) is 0 Å². The van der Waals surface area contributed by atoms with Crippen molar-refractivity contribution in [2.75, 3.05) is 6.61 Å². The molecule has 0 aliphatic rings. The molecule has 4 rings (SSSR count). The van der Waals surface area contributed by atoms with Gasteiger partial charge in [0.15, 0.2) is 0 Å². The van der Waals surface area contributed by atoms with Gasteiger partial charge in [0.25, 0.3) is 5.56 Å². The molecule has 4 aromatic heterocycles. The first-order valence-corrected chi connectivity index (χ1v) is 11.9. The topological polar surface area (TPSA) is 101 Å². The lowest BCUT2D eigenvalue weighted by molar-refractivity contribution is 0.0528. The van der Waals surface area contributed by atoms with Gasteiger partial charge < -0.3 is 4.74 Å². The van der Waals surface area contributed by atoms with Crippen molar-refractivity contribution in [3.8, 4) is 5.69 Å². The van der Waals surface area contributed by atoms with E-state index in [1.165, 1.54) is 18.4 Å². The van der Waals surface area contributed by atoms with E-state index in [0.29, 0.717) is 16.1 Å². The lowest BCUT2D eigenvalue weighted by atomic mass is 10.0. The molecule has 178 valence electrons. The van der Waals surface area contributed by atoms with Gasteiger partial charge in [-0.05, 0) is 46.8 Å². The summed E-state index contributed by atoms with van der Waals surface area (Å²) in [6.07, 6.45) is 3.79. The minimum atomic E-state index is -0.563. The molecule has 0 fully saturated rings. The number of carbonyl (C=O) groups excluding carboxylic acids is 1. The quantitative estimate of drug-likeness (QED) is 0.392. The fourth-order valence-electron chi connectivity index (χ4n) is 4.16. The molecule has 0 amide bonds. The van der Waals surface area contributed by atoms with Crippen LogP contribution in [0.1, 0.15) is 59.0 Å². The molecule has 4 aromatic rings. The minimum Gasteiger partial charge on any atom is -0.462 e. The summed E-state index contributed by atoms with van der Waals surface area (Å²) in [5.74, 6) is -0.563. The number of ether oxygens (including phenoxy) is 1. The lowest BCUT2D eigenvalue weighted by Gasteiger charge is -2.12. The van der Waals surface area contributed by atoms with Crippen molar-refractivity contribution < 1.29 is 9.53 Å². The van der Waals surface area contributed by atoms with Gasteiger partial charge in [-0.15, -0.1) is 11.3 Å². The second-order valence-electron chi connectivity index (χ2n) is 8.35. The Morgan fingerprint density at radius 2 is 1.85 bits per heavy atom. The van der Waals surface area contributed by atoms with Crippen LogP contribution in [0.4, 0.5) is 0 Å². The van der Waals surface area contributed by atoms with Crippen LogP contribution in [0.2, 0.25) is 0 Å². The molecule has 0 radical (unpaired) electrons. The molecule has 10 heteroatoms. The Balaban J connectivity index is 1.98. The third-order valence-corrected chi connectivity index (χ3v) is 7.06. The van der Waals surface area contributed by atoms with Crippen LogP contribution in [-0.4, -0.2) is 36.5 Å². The minimum absolute atomic E-state index is 0.178. The van der Waals surface area contributed by atoms with Gasteiger partial charge in [0, 0.05) is 48.0 Å². The van der Waals surface area contributed by atoms with Crippen LogP contribution >= 0.6 is 11.3 Å². The normalized spacial score (nSPS) is 11.5. The zero-order chi connectivity index (χ0) is 24.7. The molecule has 0 unspecified atom stereocenters. The van der Waals surface area contributed by atoms with Crippen molar-refractivity contribution >= 4 is 27.5 Å². The van der Waals surface area contributed by atoms with E-state index in [9.17, 15) is 14.4 Å². The van der Waals surface area contributed by atoms with E-state index in [1.807, 2.05) is 44.5 Å². The van der Waals surface area contributed by atoms with Crippen molar-refractivity contribution in [1.82, 2.24) is 23.9 Å². The number of hydrogen-bond acceptors (Lipinski definition) is 7. The number of carbonyl (C=O) groups is 1. The molecule has 0 aliphatic carbocycles. The van der Waals surface area contributed by atoms with Gasteiger partial charge in [-0.25, -0.2) is 14.3 Å². The zero-order valence-electron chi connectivity index (χ0n) is 20.1. The standard InChI is InChI=1S/C24H27N5O4S/c1-7-33-23(31)19-18(34-22-20(19)21(30)27(6)24(32)28(22)13(2)3)12-17-14(4)26-29(15(17)5)16-8-10-25-11-9-16/h8-11,13H,7,12H2,1-6H3. The zero-order valence-corrected chi connectivity index (χ0v) is 20.9. The van der Waals surface area contributed by atoms with Gasteiger partial charge in [0.05, 0.1) is 28.9 Å². The van der Waals surface area contributed by atoms with Crippen LogP contribution in [-0.2, 0) is 18.2 Å². The second kappa shape index (κ2) is 9.02. The van der Waals surface area contributed by atoms with Crippen LogP contribution in [0.25, 0.3) is 15.9 Å². The fraction of sp³-hybridized carbons (Fsp3) is 0.375. The monoisotopic (exact) mass is 481 g/mol. The number of fused-ring (bicyclic) bond motifs is 1. The predicted octanol–water partition coefficient (Wildman–Crippen LogP) is 3.31. The maximum Gasteiger partial charge on any atom is 0.340 e. The number of pyridine rings is 1. The molecule has 0 saturated carbocycles. The molecule has 0 aliphatic heterocycles. The summed E-state index contributed by atoms with van der Waals surface area (Å²) in [5, 5.41) is 4.92. The summed E-state index contributed by atoms with van der Waals surface area (Å²) in [4.78, 5) is 44.4. The highest BCUT2D eigenvalue weighted by Crippen LogP contribution is 2.34. The van der Waals surface area contributed by atoms with Crippen molar-refractivity contribution in [2.24, 2.45) is 7.05 Å². The SMILES string of the molecule is CCOC(=O)c1c(Cc2c(C)nn(-c3ccncc3)c2C)sc2c1c(=O)n(C)c(=O)n2C(C)C.